The summed E-state index contributed by atoms with van der Waals surface area (Å²) in [6, 6.07) is 5.72. The molecule has 0 saturated heterocycles. The molecular weight excluding hydrogens is 314 g/mol. The maximum absolute atomic E-state index is 11.8. The molecule has 0 aliphatic heterocycles. The van der Waals surface area contributed by atoms with E-state index in [2.05, 4.69) is 11.1 Å². The summed E-state index contributed by atoms with van der Waals surface area (Å²) in [5.74, 6) is -0.334. The third kappa shape index (κ3) is 2.94. The molecule has 0 saturated carbocycles. The van der Waals surface area contributed by atoms with Gasteiger partial charge >= 0.3 is 0 Å². The molecule has 1 heterocycles. The van der Waals surface area contributed by atoms with Gasteiger partial charge < -0.3 is 5.11 Å². The average molecular weight is 326 g/mol. The van der Waals surface area contributed by atoms with Crippen LogP contribution >= 0.6 is 11.3 Å². The number of aryl methyl sites for hydroxylation is 1. The summed E-state index contributed by atoms with van der Waals surface area (Å²) in [7, 11) is 0. The van der Waals surface area contributed by atoms with Crippen molar-refractivity contribution >= 4 is 28.2 Å². The van der Waals surface area contributed by atoms with E-state index in [1.807, 2.05) is 0 Å². The number of aliphatic imine (C=N–C) groups is 1. The highest BCUT2D eigenvalue weighted by Gasteiger charge is 2.20. The van der Waals surface area contributed by atoms with Crippen LogP contribution in [0.4, 0.5) is 10.7 Å². The van der Waals surface area contributed by atoms with E-state index in [1.54, 1.807) is 0 Å². The van der Waals surface area contributed by atoms with Crippen molar-refractivity contribution < 1.29 is 10.0 Å². The van der Waals surface area contributed by atoms with Gasteiger partial charge in [0.2, 0.25) is 0 Å². The molecule has 1 aromatic carbocycles. The van der Waals surface area contributed by atoms with E-state index in [4.69, 9.17) is 0 Å². The van der Waals surface area contributed by atoms with Gasteiger partial charge in [0, 0.05) is 23.2 Å². The zero-order valence-corrected chi connectivity index (χ0v) is 12.9. The summed E-state index contributed by atoms with van der Waals surface area (Å²) in [5.41, 5.74) is 1.63. The number of non-ortho nitro benzene ring substituents is 1. The van der Waals surface area contributed by atoms with Crippen LogP contribution in [-0.2, 0) is 12.8 Å². The Balaban J connectivity index is 1.98. The van der Waals surface area contributed by atoms with E-state index in [1.165, 1.54) is 34.6 Å². The molecule has 0 bridgehead atoms. The number of benzene rings is 1. The molecule has 6 nitrogen and oxygen atoms in total. The second-order valence-electron chi connectivity index (χ2n) is 5.24. The Morgan fingerprint density at radius 3 is 2.87 bits per heavy atom. The van der Waals surface area contributed by atoms with Gasteiger partial charge in [-0.1, -0.05) is 11.8 Å². The smallest absolute Gasteiger partial charge is 0.270 e. The minimum atomic E-state index is -0.554. The molecule has 23 heavy (non-hydrogen) atoms. The monoisotopic (exact) mass is 326 g/mol. The molecule has 0 fully saturated rings. The van der Waals surface area contributed by atoms with Crippen LogP contribution in [0.15, 0.2) is 23.2 Å². The molecule has 0 radical (unpaired) electrons. The fraction of sp³-hybridized carbons (Fsp3) is 0.250. The van der Waals surface area contributed by atoms with Gasteiger partial charge in [-0.05, 0) is 36.8 Å². The highest BCUT2D eigenvalue weighted by atomic mass is 32.1. The van der Waals surface area contributed by atoms with Crippen LogP contribution in [0.5, 0.6) is 5.75 Å². The quantitative estimate of drug-likeness (QED) is 0.490. The highest BCUT2D eigenvalue weighted by Crippen LogP contribution is 2.39. The van der Waals surface area contributed by atoms with E-state index < -0.39 is 4.92 Å². The number of nitrogens with zero attached hydrogens (tertiary/aromatic N) is 3. The van der Waals surface area contributed by atoms with Crippen molar-refractivity contribution in [2.75, 3.05) is 0 Å². The third-order valence-corrected chi connectivity index (χ3v) is 4.99. The molecule has 1 aliphatic carbocycles. The van der Waals surface area contributed by atoms with Crippen molar-refractivity contribution in [2.24, 2.45) is 4.99 Å². The third-order valence-electron chi connectivity index (χ3n) is 3.79. The average Bonchev–Trinajstić information content (AvgIpc) is 2.91. The van der Waals surface area contributed by atoms with Crippen molar-refractivity contribution in [3.63, 3.8) is 0 Å². The fourth-order valence-corrected chi connectivity index (χ4v) is 3.82. The number of hydrogen-bond donors (Lipinski definition) is 0. The van der Waals surface area contributed by atoms with Crippen LogP contribution in [0.3, 0.4) is 0 Å². The Bertz CT molecular complexity index is 849. The first kappa shape index (κ1) is 15.2. The van der Waals surface area contributed by atoms with Gasteiger partial charge in [0.1, 0.15) is 11.1 Å². The van der Waals surface area contributed by atoms with Gasteiger partial charge in [-0.3, -0.25) is 10.1 Å². The van der Waals surface area contributed by atoms with Crippen molar-refractivity contribution in [1.82, 2.24) is 0 Å². The van der Waals surface area contributed by atoms with Crippen molar-refractivity contribution in [3.05, 3.63) is 49.9 Å². The lowest BCUT2D eigenvalue weighted by Crippen LogP contribution is -1.99. The number of rotatable bonds is 3. The Morgan fingerprint density at radius 2 is 2.13 bits per heavy atom. The summed E-state index contributed by atoms with van der Waals surface area (Å²) >= 11 is 1.47. The molecule has 0 atom stereocenters. The van der Waals surface area contributed by atoms with Crippen LogP contribution in [0.1, 0.15) is 34.4 Å². The summed E-state index contributed by atoms with van der Waals surface area (Å²) in [5, 5.41) is 32.5. The van der Waals surface area contributed by atoms with Gasteiger partial charge in [-0.15, -0.1) is 11.3 Å². The molecule has 1 aromatic heterocycles. The number of nitro groups is 1. The van der Waals surface area contributed by atoms with Crippen molar-refractivity contribution in [3.8, 4) is 11.8 Å². The molecule has 3 rings (SSSR count). The molecule has 1 aliphatic rings. The summed E-state index contributed by atoms with van der Waals surface area (Å²) < 4.78 is 0. The number of nitro benzene ring substituents is 1. The van der Waals surface area contributed by atoms with Crippen molar-refractivity contribution in [2.45, 2.75) is 25.7 Å². The van der Waals surface area contributed by atoms with Crippen LogP contribution in [-0.4, -0.2) is 11.1 Å². The van der Waals surface area contributed by atoms with E-state index in [9.17, 15) is 20.5 Å². The van der Waals surface area contributed by atoms with Gasteiger partial charge in [0.15, 0.2) is 0 Å². The lowest BCUT2D eigenvalue weighted by Gasteiger charge is -2.09. The molecule has 116 valence electrons. The summed E-state index contributed by atoms with van der Waals surface area (Å²) in [6.45, 7) is 0. The zero-order chi connectivity index (χ0) is 16.4. The van der Waals surface area contributed by atoms with Gasteiger partial charge in [0.05, 0.1) is 10.5 Å². The van der Waals surface area contributed by atoms with E-state index in [0.29, 0.717) is 10.6 Å². The number of nitriles is 1. The highest BCUT2D eigenvalue weighted by molar-refractivity contribution is 7.16. The first-order chi connectivity index (χ1) is 11.1. The lowest BCUT2D eigenvalue weighted by molar-refractivity contribution is -0.385. The molecule has 0 unspecified atom stereocenters. The summed E-state index contributed by atoms with van der Waals surface area (Å²) in [6.07, 6.45) is 5.32. The van der Waals surface area contributed by atoms with Crippen LogP contribution in [0, 0.1) is 21.4 Å². The lowest BCUT2D eigenvalue weighted by atomic mass is 9.96. The van der Waals surface area contributed by atoms with Gasteiger partial charge in [0.25, 0.3) is 5.69 Å². The standard InChI is InChI=1S/C16H13N3O3S/c17-8-13-12-3-1-2-4-15(12)23-16(13)18-9-10-7-11(19(21)22)5-6-14(10)20/h5-7,9,20H,1-4H2/p-1. The Hall–Kier alpha value is -2.72. The van der Waals surface area contributed by atoms with Crippen LogP contribution < -0.4 is 5.11 Å². The van der Waals surface area contributed by atoms with E-state index in [-0.39, 0.29) is 17.0 Å². The SMILES string of the molecule is N#Cc1c(N=Cc2cc([N+](=O)[O-])ccc2[O-])sc2c1CCCC2. The van der Waals surface area contributed by atoms with Crippen molar-refractivity contribution in [1.29, 1.82) is 5.26 Å². The normalized spacial score (nSPS) is 13.7. The Kier molecular flexibility index (Phi) is 4.08. The van der Waals surface area contributed by atoms with Crippen LogP contribution in [0.25, 0.3) is 0 Å². The summed E-state index contributed by atoms with van der Waals surface area (Å²) in [4.78, 5) is 15.7. The van der Waals surface area contributed by atoms with E-state index >= 15 is 0 Å². The predicted octanol–water partition coefficient (Wildman–Crippen LogP) is 3.23. The second-order valence-corrected chi connectivity index (χ2v) is 6.32. The predicted molar refractivity (Wildman–Crippen MR) is 85.5 cm³/mol. The second kappa shape index (κ2) is 6.18. The molecule has 0 amide bonds. The van der Waals surface area contributed by atoms with Gasteiger partial charge in [-0.2, -0.15) is 5.26 Å². The zero-order valence-electron chi connectivity index (χ0n) is 12.1. The largest absolute Gasteiger partial charge is 0.872 e. The number of hydrogen-bond acceptors (Lipinski definition) is 6. The Labute approximate surface area is 136 Å². The van der Waals surface area contributed by atoms with E-state index in [0.717, 1.165) is 37.3 Å². The van der Waals surface area contributed by atoms with Gasteiger partial charge in [-0.25, -0.2) is 4.99 Å². The molecule has 0 N–H and O–H groups in total. The van der Waals surface area contributed by atoms with Crippen LogP contribution in [0.2, 0.25) is 0 Å². The topological polar surface area (TPSA) is 102 Å². The molecule has 0 spiro atoms. The first-order valence-electron chi connectivity index (χ1n) is 7.14. The Morgan fingerprint density at radius 1 is 1.35 bits per heavy atom. The number of fused-ring (bicyclic) bond motifs is 1. The number of thiophene rings is 1. The maximum atomic E-state index is 11.8. The first-order valence-corrected chi connectivity index (χ1v) is 7.96. The molecule has 2 aromatic rings. The minimum absolute atomic E-state index is 0.148. The molecule has 7 heteroatoms. The fourth-order valence-electron chi connectivity index (χ4n) is 2.64. The maximum Gasteiger partial charge on any atom is 0.270 e. The molecular formula is C16H12N3O3S-. The minimum Gasteiger partial charge on any atom is -0.872 e.